The van der Waals surface area contributed by atoms with Gasteiger partial charge in [0.05, 0.1) is 17.4 Å². The molecule has 1 unspecified atom stereocenters. The summed E-state index contributed by atoms with van der Waals surface area (Å²) in [5.41, 5.74) is 1.76. The molecule has 0 radical (unpaired) electrons. The largest absolute Gasteiger partial charge is 0.353 e. The highest BCUT2D eigenvalue weighted by molar-refractivity contribution is 7.91. The number of likely N-dealkylation sites (tertiary alicyclic amines) is 1. The van der Waals surface area contributed by atoms with Crippen LogP contribution in [0.3, 0.4) is 0 Å². The third-order valence-corrected chi connectivity index (χ3v) is 9.03. The van der Waals surface area contributed by atoms with Crippen molar-refractivity contribution >= 4 is 15.7 Å². The molecular weight excluding hydrogens is 384 g/mol. The molecule has 2 saturated heterocycles. The second-order valence-corrected chi connectivity index (χ2v) is 11.6. The number of nitrogens with zero attached hydrogens (tertiary/aromatic N) is 1. The summed E-state index contributed by atoms with van der Waals surface area (Å²) in [6.07, 6.45) is 8.89. The monoisotopic (exact) mass is 418 g/mol. The van der Waals surface area contributed by atoms with Crippen molar-refractivity contribution < 1.29 is 13.2 Å². The highest BCUT2D eigenvalue weighted by Crippen LogP contribution is 2.40. The SMILES string of the molecule is O=C(NC1CCN(CC2(c3ccccc3)CCCCC2)CC1)C1CCS(=O)(=O)C1. The van der Waals surface area contributed by atoms with Crippen molar-refractivity contribution in [2.45, 2.75) is 62.8 Å². The van der Waals surface area contributed by atoms with E-state index in [1.54, 1.807) is 0 Å². The second-order valence-electron chi connectivity index (χ2n) is 9.37. The quantitative estimate of drug-likeness (QED) is 0.798. The first-order valence-electron chi connectivity index (χ1n) is 11.2. The molecule has 1 saturated carbocycles. The van der Waals surface area contributed by atoms with E-state index in [9.17, 15) is 13.2 Å². The van der Waals surface area contributed by atoms with Gasteiger partial charge < -0.3 is 10.2 Å². The number of piperidine rings is 1. The number of hydrogen-bond donors (Lipinski definition) is 1. The van der Waals surface area contributed by atoms with Crippen LogP contribution in [0.4, 0.5) is 0 Å². The van der Waals surface area contributed by atoms with E-state index < -0.39 is 9.84 Å². The Bertz CT molecular complexity index is 795. The number of carbonyl (C=O) groups is 1. The fraction of sp³-hybridized carbons (Fsp3) is 0.696. The van der Waals surface area contributed by atoms with Crippen LogP contribution < -0.4 is 5.32 Å². The minimum absolute atomic E-state index is 0.0251. The lowest BCUT2D eigenvalue weighted by Crippen LogP contribution is -2.50. The number of hydrogen-bond acceptors (Lipinski definition) is 4. The van der Waals surface area contributed by atoms with Gasteiger partial charge in [-0.3, -0.25) is 4.79 Å². The molecule has 3 fully saturated rings. The Morgan fingerprint density at radius 3 is 2.34 bits per heavy atom. The molecule has 3 aliphatic rings. The predicted molar refractivity (Wildman–Crippen MR) is 116 cm³/mol. The number of nitrogens with one attached hydrogen (secondary N) is 1. The Morgan fingerprint density at radius 2 is 1.72 bits per heavy atom. The summed E-state index contributed by atoms with van der Waals surface area (Å²) in [7, 11) is -3.01. The topological polar surface area (TPSA) is 66.5 Å². The van der Waals surface area contributed by atoms with Crippen LogP contribution in [0.5, 0.6) is 0 Å². The van der Waals surface area contributed by atoms with Gasteiger partial charge in [-0.15, -0.1) is 0 Å². The maximum absolute atomic E-state index is 12.4. The van der Waals surface area contributed by atoms with Crippen LogP contribution in [0.25, 0.3) is 0 Å². The Hall–Kier alpha value is -1.40. The van der Waals surface area contributed by atoms with Crippen LogP contribution in [0, 0.1) is 5.92 Å². The van der Waals surface area contributed by atoms with Crippen molar-refractivity contribution in [2.24, 2.45) is 5.92 Å². The van der Waals surface area contributed by atoms with Gasteiger partial charge in [-0.05, 0) is 37.7 Å². The molecular formula is C23H34N2O3S. The van der Waals surface area contributed by atoms with Gasteiger partial charge in [-0.1, -0.05) is 49.6 Å². The van der Waals surface area contributed by atoms with Crippen molar-refractivity contribution in [3.8, 4) is 0 Å². The minimum Gasteiger partial charge on any atom is -0.353 e. The van der Waals surface area contributed by atoms with Crippen molar-refractivity contribution in [1.82, 2.24) is 10.2 Å². The third-order valence-electron chi connectivity index (χ3n) is 7.26. The summed E-state index contributed by atoms with van der Waals surface area (Å²) in [6.45, 7) is 3.11. The molecule has 29 heavy (non-hydrogen) atoms. The zero-order valence-electron chi connectivity index (χ0n) is 17.3. The molecule has 1 aliphatic carbocycles. The highest BCUT2D eigenvalue weighted by Gasteiger charge is 2.37. The average Bonchev–Trinajstić information content (AvgIpc) is 3.11. The van der Waals surface area contributed by atoms with Gasteiger partial charge in [0, 0.05) is 31.1 Å². The Labute approximate surface area is 175 Å². The Morgan fingerprint density at radius 1 is 1.03 bits per heavy atom. The van der Waals surface area contributed by atoms with E-state index in [1.165, 1.54) is 37.7 Å². The molecule has 160 valence electrons. The molecule has 2 aliphatic heterocycles. The molecule has 6 heteroatoms. The first-order valence-corrected chi connectivity index (χ1v) is 13.1. The van der Waals surface area contributed by atoms with Crippen LogP contribution in [0.15, 0.2) is 30.3 Å². The summed E-state index contributed by atoms with van der Waals surface area (Å²) < 4.78 is 23.3. The molecule has 1 aromatic carbocycles. The smallest absolute Gasteiger partial charge is 0.224 e. The van der Waals surface area contributed by atoms with Crippen molar-refractivity contribution in [1.29, 1.82) is 0 Å². The van der Waals surface area contributed by atoms with Gasteiger partial charge in [0.15, 0.2) is 9.84 Å². The molecule has 1 aromatic rings. The van der Waals surface area contributed by atoms with Gasteiger partial charge in [0.25, 0.3) is 0 Å². The van der Waals surface area contributed by atoms with Crippen molar-refractivity contribution in [3.63, 3.8) is 0 Å². The predicted octanol–water partition coefficient (Wildman–Crippen LogP) is 2.90. The van der Waals surface area contributed by atoms with E-state index in [4.69, 9.17) is 0 Å². The zero-order valence-corrected chi connectivity index (χ0v) is 18.1. The van der Waals surface area contributed by atoms with E-state index in [0.29, 0.717) is 6.42 Å². The first kappa shape index (κ1) is 20.9. The molecule has 1 atom stereocenters. The standard InChI is InChI=1S/C23H34N2O3S/c26-22(19-11-16-29(27,28)17-19)24-21-9-14-25(15-10-21)18-23(12-5-2-6-13-23)20-7-3-1-4-8-20/h1,3-4,7-8,19,21H,2,5-6,9-18H2,(H,24,26). The lowest BCUT2D eigenvalue weighted by Gasteiger charge is -2.44. The second kappa shape index (κ2) is 8.76. The average molecular weight is 419 g/mol. The number of carbonyl (C=O) groups excluding carboxylic acids is 1. The fourth-order valence-electron chi connectivity index (χ4n) is 5.54. The van der Waals surface area contributed by atoms with Crippen molar-refractivity contribution in [3.05, 3.63) is 35.9 Å². The van der Waals surface area contributed by atoms with Crippen molar-refractivity contribution in [2.75, 3.05) is 31.1 Å². The van der Waals surface area contributed by atoms with Gasteiger partial charge in [-0.25, -0.2) is 8.42 Å². The molecule has 0 spiro atoms. The van der Waals surface area contributed by atoms with Gasteiger partial charge in [-0.2, -0.15) is 0 Å². The molecule has 2 heterocycles. The van der Waals surface area contributed by atoms with Crippen LogP contribution in [-0.4, -0.2) is 56.4 Å². The summed E-state index contributed by atoms with van der Waals surface area (Å²) >= 11 is 0. The zero-order chi connectivity index (χ0) is 20.3. The van der Waals surface area contributed by atoms with Crippen LogP contribution in [-0.2, 0) is 20.0 Å². The van der Waals surface area contributed by atoms with E-state index >= 15 is 0 Å². The lowest BCUT2D eigenvalue weighted by molar-refractivity contribution is -0.125. The molecule has 5 nitrogen and oxygen atoms in total. The fourth-order valence-corrected chi connectivity index (χ4v) is 7.28. The van der Waals surface area contributed by atoms with Crippen LogP contribution in [0.1, 0.15) is 56.9 Å². The molecule has 0 aromatic heterocycles. The molecule has 0 bridgehead atoms. The maximum atomic E-state index is 12.4. The van der Waals surface area contributed by atoms with Crippen LogP contribution >= 0.6 is 0 Å². The van der Waals surface area contributed by atoms with Gasteiger partial charge >= 0.3 is 0 Å². The van der Waals surface area contributed by atoms with Gasteiger partial charge in [0.2, 0.25) is 5.91 Å². The summed E-state index contributed by atoms with van der Waals surface area (Å²) in [6, 6.07) is 11.2. The normalized spacial score (nSPS) is 27.5. The number of rotatable bonds is 5. The molecule has 1 N–H and O–H groups in total. The number of benzene rings is 1. The lowest BCUT2D eigenvalue weighted by atomic mass is 9.69. The van der Waals surface area contributed by atoms with Gasteiger partial charge in [0.1, 0.15) is 0 Å². The molecule has 4 rings (SSSR count). The summed E-state index contributed by atoms with van der Waals surface area (Å²) in [5, 5.41) is 3.13. The highest BCUT2D eigenvalue weighted by atomic mass is 32.2. The summed E-state index contributed by atoms with van der Waals surface area (Å²) in [5.74, 6) is -0.221. The van der Waals surface area contributed by atoms with E-state index in [0.717, 1.165) is 32.5 Å². The third kappa shape index (κ3) is 5.02. The molecule has 1 amide bonds. The number of amides is 1. The van der Waals surface area contributed by atoms with E-state index in [2.05, 4.69) is 40.5 Å². The minimum atomic E-state index is -3.01. The van der Waals surface area contributed by atoms with Crippen LogP contribution in [0.2, 0.25) is 0 Å². The van der Waals surface area contributed by atoms with E-state index in [-0.39, 0.29) is 34.8 Å². The summed E-state index contributed by atoms with van der Waals surface area (Å²) in [4.78, 5) is 15.0. The first-order chi connectivity index (χ1) is 14.0. The Kier molecular flexibility index (Phi) is 6.30. The maximum Gasteiger partial charge on any atom is 0.224 e. The number of sulfone groups is 1. The Balaban J connectivity index is 1.31. The van der Waals surface area contributed by atoms with E-state index in [1.807, 2.05) is 0 Å².